The first-order chi connectivity index (χ1) is 7.77. The molecule has 0 amide bonds. The largest absolute Gasteiger partial charge is 0.480 e. The van der Waals surface area contributed by atoms with E-state index in [4.69, 9.17) is 0 Å². The quantitative estimate of drug-likeness (QED) is 0.817. The molecule has 1 saturated carbocycles. The van der Waals surface area contributed by atoms with E-state index < -0.39 is 12.0 Å². The topological polar surface area (TPSA) is 49.3 Å². The number of carboxylic acids is 1. The molecule has 2 N–H and O–H groups in total. The van der Waals surface area contributed by atoms with Crippen LogP contribution in [-0.4, -0.2) is 17.1 Å². The van der Waals surface area contributed by atoms with Gasteiger partial charge in [-0.15, -0.1) is 0 Å². The summed E-state index contributed by atoms with van der Waals surface area (Å²) < 4.78 is 0. The molecular weight excluding hydrogens is 202 g/mol. The molecule has 0 heterocycles. The Labute approximate surface area is 95.5 Å². The molecule has 0 radical (unpaired) electrons. The molecule has 1 aromatic carbocycles. The Bertz CT molecular complexity index is 344. The third kappa shape index (κ3) is 2.61. The van der Waals surface area contributed by atoms with E-state index in [1.807, 2.05) is 30.3 Å². The maximum atomic E-state index is 11.2. The minimum absolute atomic E-state index is 0.362. The van der Waals surface area contributed by atoms with Crippen molar-refractivity contribution in [3.05, 3.63) is 35.9 Å². The average molecular weight is 219 g/mol. The van der Waals surface area contributed by atoms with Gasteiger partial charge in [-0.25, -0.2) is 0 Å². The maximum absolute atomic E-state index is 11.2. The van der Waals surface area contributed by atoms with Gasteiger partial charge in [0.25, 0.3) is 0 Å². The zero-order valence-corrected chi connectivity index (χ0v) is 9.23. The summed E-state index contributed by atoms with van der Waals surface area (Å²) >= 11 is 0. The van der Waals surface area contributed by atoms with Crippen LogP contribution in [0.2, 0.25) is 0 Å². The summed E-state index contributed by atoms with van der Waals surface area (Å²) in [6.45, 7) is 0. The molecule has 0 spiro atoms. The second-order valence-electron chi connectivity index (χ2n) is 4.33. The molecule has 0 aromatic heterocycles. The van der Waals surface area contributed by atoms with Crippen molar-refractivity contribution < 1.29 is 9.90 Å². The highest BCUT2D eigenvalue weighted by molar-refractivity contribution is 5.75. The lowest BCUT2D eigenvalue weighted by molar-refractivity contribution is -0.139. The fraction of sp³-hybridized carbons (Fsp3) is 0.462. The minimum Gasteiger partial charge on any atom is -0.480 e. The number of carboxylic acid groups (broad SMARTS) is 1. The summed E-state index contributed by atoms with van der Waals surface area (Å²) in [5.41, 5.74) is 0.835. The lowest BCUT2D eigenvalue weighted by atomic mass is 10.1. The van der Waals surface area contributed by atoms with Crippen molar-refractivity contribution in [1.82, 2.24) is 5.32 Å². The molecule has 0 unspecified atom stereocenters. The van der Waals surface area contributed by atoms with E-state index in [2.05, 4.69) is 5.32 Å². The van der Waals surface area contributed by atoms with Crippen molar-refractivity contribution in [3.8, 4) is 0 Å². The summed E-state index contributed by atoms with van der Waals surface area (Å²) in [5.74, 6) is -0.793. The Hall–Kier alpha value is -1.35. The first kappa shape index (κ1) is 11.1. The Morgan fingerprint density at radius 1 is 1.25 bits per heavy atom. The maximum Gasteiger partial charge on any atom is 0.325 e. The first-order valence-corrected chi connectivity index (χ1v) is 5.81. The lowest BCUT2D eigenvalue weighted by Gasteiger charge is -2.19. The van der Waals surface area contributed by atoms with Gasteiger partial charge in [0.1, 0.15) is 6.04 Å². The third-order valence-electron chi connectivity index (χ3n) is 3.14. The number of nitrogens with one attached hydrogen (secondary N) is 1. The predicted octanol–water partition coefficient (Wildman–Crippen LogP) is 2.34. The van der Waals surface area contributed by atoms with Gasteiger partial charge in [0.2, 0.25) is 0 Å². The van der Waals surface area contributed by atoms with Crippen molar-refractivity contribution in [2.24, 2.45) is 0 Å². The zero-order chi connectivity index (χ0) is 11.4. The molecule has 1 aliphatic carbocycles. The highest BCUT2D eigenvalue weighted by Gasteiger charge is 2.24. The molecule has 0 aliphatic heterocycles. The number of carbonyl (C=O) groups is 1. The number of hydrogen-bond acceptors (Lipinski definition) is 2. The van der Waals surface area contributed by atoms with Crippen LogP contribution in [0, 0.1) is 0 Å². The highest BCUT2D eigenvalue weighted by atomic mass is 16.4. The Morgan fingerprint density at radius 2 is 1.88 bits per heavy atom. The molecule has 1 atom stereocenters. The van der Waals surface area contributed by atoms with Crippen LogP contribution in [0.4, 0.5) is 0 Å². The third-order valence-corrected chi connectivity index (χ3v) is 3.14. The second-order valence-corrected chi connectivity index (χ2v) is 4.33. The molecule has 1 aromatic rings. The zero-order valence-electron chi connectivity index (χ0n) is 9.23. The van der Waals surface area contributed by atoms with Crippen molar-refractivity contribution >= 4 is 5.97 Å². The van der Waals surface area contributed by atoms with Gasteiger partial charge in [0.05, 0.1) is 0 Å². The Kier molecular flexibility index (Phi) is 3.57. The molecule has 3 nitrogen and oxygen atoms in total. The van der Waals surface area contributed by atoms with E-state index in [1.165, 1.54) is 12.8 Å². The van der Waals surface area contributed by atoms with Crippen LogP contribution in [0.1, 0.15) is 37.3 Å². The van der Waals surface area contributed by atoms with E-state index in [0.717, 1.165) is 18.4 Å². The van der Waals surface area contributed by atoms with Gasteiger partial charge in [0, 0.05) is 6.04 Å². The number of benzene rings is 1. The van der Waals surface area contributed by atoms with Gasteiger partial charge in [-0.2, -0.15) is 0 Å². The fourth-order valence-corrected chi connectivity index (χ4v) is 2.28. The van der Waals surface area contributed by atoms with Gasteiger partial charge in [-0.3, -0.25) is 10.1 Å². The summed E-state index contributed by atoms with van der Waals surface area (Å²) in [7, 11) is 0. The van der Waals surface area contributed by atoms with E-state index >= 15 is 0 Å². The SMILES string of the molecule is O=C(O)[C@@H](NC1CCCC1)c1ccccc1. The molecule has 16 heavy (non-hydrogen) atoms. The van der Waals surface area contributed by atoms with Crippen LogP contribution < -0.4 is 5.32 Å². The summed E-state index contributed by atoms with van der Waals surface area (Å²) in [4.78, 5) is 11.2. The lowest BCUT2D eigenvalue weighted by Crippen LogP contribution is -2.35. The van der Waals surface area contributed by atoms with Gasteiger partial charge in [-0.05, 0) is 18.4 Å². The number of aliphatic carboxylic acids is 1. The molecule has 2 rings (SSSR count). The van der Waals surface area contributed by atoms with Gasteiger partial charge in [0.15, 0.2) is 0 Å². The van der Waals surface area contributed by atoms with E-state index in [1.54, 1.807) is 0 Å². The summed E-state index contributed by atoms with van der Waals surface area (Å²) in [5, 5.41) is 12.5. The number of hydrogen-bond donors (Lipinski definition) is 2. The molecule has 0 bridgehead atoms. The standard InChI is InChI=1S/C13H17NO2/c15-13(16)12(10-6-2-1-3-7-10)14-11-8-4-5-9-11/h1-3,6-7,11-12,14H,4-5,8-9H2,(H,15,16)/t12-/m0/s1. The van der Waals surface area contributed by atoms with Gasteiger partial charge < -0.3 is 5.11 Å². The van der Waals surface area contributed by atoms with Crippen LogP contribution in [0.15, 0.2) is 30.3 Å². The van der Waals surface area contributed by atoms with Crippen molar-refractivity contribution in [2.45, 2.75) is 37.8 Å². The van der Waals surface area contributed by atoms with Crippen LogP contribution in [-0.2, 0) is 4.79 Å². The molecular formula is C13H17NO2. The molecule has 86 valence electrons. The number of rotatable bonds is 4. The smallest absolute Gasteiger partial charge is 0.325 e. The fourth-order valence-electron chi connectivity index (χ4n) is 2.28. The highest BCUT2D eigenvalue weighted by Crippen LogP contribution is 2.22. The molecule has 3 heteroatoms. The molecule has 0 saturated heterocycles. The minimum atomic E-state index is -0.793. The van der Waals surface area contributed by atoms with Gasteiger partial charge in [-0.1, -0.05) is 43.2 Å². The second kappa shape index (κ2) is 5.12. The Morgan fingerprint density at radius 3 is 2.44 bits per heavy atom. The van der Waals surface area contributed by atoms with Crippen LogP contribution in [0.3, 0.4) is 0 Å². The first-order valence-electron chi connectivity index (χ1n) is 5.81. The van der Waals surface area contributed by atoms with E-state index in [9.17, 15) is 9.90 Å². The molecule has 1 fully saturated rings. The molecule has 1 aliphatic rings. The monoisotopic (exact) mass is 219 g/mol. The van der Waals surface area contributed by atoms with Gasteiger partial charge >= 0.3 is 5.97 Å². The predicted molar refractivity (Wildman–Crippen MR) is 62.2 cm³/mol. The van der Waals surface area contributed by atoms with E-state index in [0.29, 0.717) is 6.04 Å². The van der Waals surface area contributed by atoms with E-state index in [-0.39, 0.29) is 0 Å². The van der Waals surface area contributed by atoms with Crippen molar-refractivity contribution in [2.75, 3.05) is 0 Å². The Balaban J connectivity index is 2.08. The van der Waals surface area contributed by atoms with Crippen LogP contribution >= 0.6 is 0 Å². The summed E-state index contributed by atoms with van der Waals surface area (Å²) in [6, 6.07) is 9.17. The summed E-state index contributed by atoms with van der Waals surface area (Å²) in [6.07, 6.45) is 4.60. The average Bonchev–Trinajstić information content (AvgIpc) is 2.79. The van der Waals surface area contributed by atoms with Crippen molar-refractivity contribution in [1.29, 1.82) is 0 Å². The normalized spacial score (nSPS) is 18.5. The van der Waals surface area contributed by atoms with Crippen LogP contribution in [0.25, 0.3) is 0 Å². The van der Waals surface area contributed by atoms with Crippen molar-refractivity contribution in [3.63, 3.8) is 0 Å². The van der Waals surface area contributed by atoms with Crippen LogP contribution in [0.5, 0.6) is 0 Å².